The molecule has 4 atom stereocenters. The summed E-state index contributed by atoms with van der Waals surface area (Å²) >= 11 is -0.461. The van der Waals surface area contributed by atoms with Crippen molar-refractivity contribution in [2.75, 3.05) is 0 Å². The molecule has 0 aromatic carbocycles. The standard InChI is InChI=1S/2C12H17.2ClH.Zr/c2*1-10-8-9-11-6-4-2-3-5-7-12(10)11;;;/h2*7-9,11H,2-6H2,1H3;2*1H;/q;;;;+2/p-2. The van der Waals surface area contributed by atoms with E-state index in [-0.39, 0.29) is 24.8 Å². The van der Waals surface area contributed by atoms with Gasteiger partial charge in [0.05, 0.1) is 0 Å². The zero-order valence-electron chi connectivity index (χ0n) is 16.9. The van der Waals surface area contributed by atoms with E-state index < -0.39 is 23.2 Å². The van der Waals surface area contributed by atoms with Crippen molar-refractivity contribution >= 4 is 0 Å². The summed E-state index contributed by atoms with van der Waals surface area (Å²) < 4.78 is 2.02. The molecule has 0 nitrogen and oxygen atoms in total. The quantitative estimate of drug-likeness (QED) is 0.559. The van der Waals surface area contributed by atoms with Gasteiger partial charge in [0, 0.05) is 0 Å². The van der Waals surface area contributed by atoms with Crippen LogP contribution in [0.5, 0.6) is 0 Å². The van der Waals surface area contributed by atoms with Crippen molar-refractivity contribution in [3.05, 3.63) is 46.6 Å². The Morgan fingerprint density at radius 3 is 1.48 bits per heavy atom. The molecule has 148 valence electrons. The smallest absolute Gasteiger partial charge is 1.00 e. The van der Waals surface area contributed by atoms with Crippen molar-refractivity contribution in [2.24, 2.45) is 11.8 Å². The predicted octanol–water partition coefficient (Wildman–Crippen LogP) is 1.59. The molecule has 4 aliphatic rings. The van der Waals surface area contributed by atoms with Crippen molar-refractivity contribution in [1.82, 2.24) is 0 Å². The van der Waals surface area contributed by atoms with E-state index in [1.807, 2.05) is 11.1 Å². The maximum atomic E-state index is 2.55. The maximum Gasteiger partial charge on any atom is -1.00 e. The summed E-state index contributed by atoms with van der Waals surface area (Å²) in [4.78, 5) is 0. The molecule has 0 saturated heterocycles. The van der Waals surface area contributed by atoms with Crippen LogP contribution in [0.25, 0.3) is 0 Å². The second-order valence-corrected chi connectivity index (χ2v) is 13.0. The Kier molecular flexibility index (Phi) is 9.65. The van der Waals surface area contributed by atoms with Gasteiger partial charge in [0.1, 0.15) is 0 Å². The molecule has 0 radical (unpaired) electrons. The van der Waals surface area contributed by atoms with Gasteiger partial charge in [-0.3, -0.25) is 0 Å². The van der Waals surface area contributed by atoms with Gasteiger partial charge in [0.25, 0.3) is 0 Å². The Morgan fingerprint density at radius 1 is 0.630 bits per heavy atom. The van der Waals surface area contributed by atoms with Crippen LogP contribution in [0.15, 0.2) is 46.6 Å². The molecule has 0 aliphatic heterocycles. The Hall–Kier alpha value is 0.423. The molecule has 0 heterocycles. The van der Waals surface area contributed by atoms with E-state index in [0.29, 0.717) is 0 Å². The SMILES string of the molecule is CC1=C2C(C=C1)CCCCC[CH]2[Zr+2][CH]1CCCCCC2C=CC(C)=C21.[Cl-].[Cl-]. The number of allylic oxidation sites excluding steroid dienone is 8. The van der Waals surface area contributed by atoms with Gasteiger partial charge >= 0.3 is 167 Å². The van der Waals surface area contributed by atoms with Crippen LogP contribution in [-0.4, -0.2) is 0 Å². The first kappa shape index (κ1) is 23.7. The average Bonchev–Trinajstić information content (AvgIpc) is 3.09. The summed E-state index contributed by atoms with van der Waals surface area (Å²) in [6, 6.07) is 0. The van der Waals surface area contributed by atoms with Crippen LogP contribution < -0.4 is 24.8 Å². The van der Waals surface area contributed by atoms with E-state index in [2.05, 4.69) is 38.2 Å². The van der Waals surface area contributed by atoms with E-state index in [9.17, 15) is 0 Å². The van der Waals surface area contributed by atoms with E-state index in [4.69, 9.17) is 0 Å². The third kappa shape index (κ3) is 5.32. The monoisotopic (exact) mass is 482 g/mol. The van der Waals surface area contributed by atoms with E-state index in [1.165, 1.54) is 64.2 Å². The number of hydrogen-bond donors (Lipinski definition) is 0. The van der Waals surface area contributed by atoms with E-state index in [0.717, 1.165) is 19.1 Å². The second-order valence-electron chi connectivity index (χ2n) is 8.76. The fourth-order valence-electron chi connectivity index (χ4n) is 5.75. The van der Waals surface area contributed by atoms with Crippen molar-refractivity contribution < 1.29 is 48.0 Å². The summed E-state index contributed by atoms with van der Waals surface area (Å²) in [5.41, 5.74) is 7.12. The van der Waals surface area contributed by atoms with E-state index >= 15 is 0 Å². The van der Waals surface area contributed by atoms with Crippen LogP contribution >= 0.6 is 0 Å². The molecule has 0 amide bonds. The molecule has 0 spiro atoms. The molecule has 0 aromatic rings. The molecule has 2 fully saturated rings. The molecule has 4 aliphatic carbocycles. The molecular weight excluding hydrogens is 450 g/mol. The molecule has 2 saturated carbocycles. The molecule has 3 heteroatoms. The third-order valence-electron chi connectivity index (χ3n) is 7.04. The largest absolute Gasteiger partial charge is 1.00 e. The minimum absolute atomic E-state index is 0. The normalized spacial score (nSPS) is 33.0. The van der Waals surface area contributed by atoms with Crippen molar-refractivity contribution in [3.8, 4) is 0 Å². The summed E-state index contributed by atoms with van der Waals surface area (Å²) in [5, 5.41) is 0. The van der Waals surface area contributed by atoms with Crippen LogP contribution in [-0.2, 0) is 23.2 Å². The minimum Gasteiger partial charge on any atom is -1.00 e. The van der Waals surface area contributed by atoms with Gasteiger partial charge < -0.3 is 24.8 Å². The Balaban J connectivity index is 0.00000131. The summed E-state index contributed by atoms with van der Waals surface area (Å²) in [6.07, 6.45) is 24.7. The van der Waals surface area contributed by atoms with Crippen LogP contribution in [0.1, 0.15) is 78.1 Å². The predicted molar refractivity (Wildman–Crippen MR) is 104 cm³/mol. The fraction of sp³-hybridized carbons (Fsp3) is 0.667. The van der Waals surface area contributed by atoms with Crippen molar-refractivity contribution in [3.63, 3.8) is 0 Å². The number of rotatable bonds is 2. The number of halogens is 2. The van der Waals surface area contributed by atoms with E-state index in [1.54, 1.807) is 11.1 Å². The first-order chi connectivity index (χ1) is 12.2. The Labute approximate surface area is 190 Å². The van der Waals surface area contributed by atoms with Crippen LogP contribution in [0.2, 0.25) is 7.25 Å². The van der Waals surface area contributed by atoms with Gasteiger partial charge in [-0.15, -0.1) is 0 Å². The summed E-state index contributed by atoms with van der Waals surface area (Å²) in [7, 11) is 0. The topological polar surface area (TPSA) is 0 Å². The van der Waals surface area contributed by atoms with Crippen molar-refractivity contribution in [1.29, 1.82) is 0 Å². The maximum absolute atomic E-state index is 2.55. The molecule has 4 rings (SSSR count). The van der Waals surface area contributed by atoms with Crippen molar-refractivity contribution in [2.45, 2.75) is 85.3 Å². The van der Waals surface area contributed by atoms with Gasteiger partial charge in [0.15, 0.2) is 0 Å². The summed E-state index contributed by atoms with van der Waals surface area (Å²) in [6.45, 7) is 4.81. The van der Waals surface area contributed by atoms with Crippen LogP contribution in [0.3, 0.4) is 0 Å². The van der Waals surface area contributed by atoms with Gasteiger partial charge in [-0.1, -0.05) is 0 Å². The average molecular weight is 485 g/mol. The molecular formula is C24H34Cl2Zr. The Bertz CT molecular complexity index is 574. The molecule has 0 bridgehead atoms. The zero-order valence-corrected chi connectivity index (χ0v) is 20.9. The molecule has 27 heavy (non-hydrogen) atoms. The second kappa shape index (κ2) is 11.0. The van der Waals surface area contributed by atoms with Gasteiger partial charge in [-0.25, -0.2) is 0 Å². The number of hydrogen-bond acceptors (Lipinski definition) is 0. The van der Waals surface area contributed by atoms with Crippen LogP contribution in [0, 0.1) is 11.8 Å². The van der Waals surface area contributed by atoms with Gasteiger partial charge in [0.2, 0.25) is 0 Å². The molecule has 0 N–H and O–H groups in total. The third-order valence-corrected chi connectivity index (χ3v) is 12.0. The zero-order chi connectivity index (χ0) is 17.2. The first-order valence-electron chi connectivity index (χ1n) is 10.8. The first-order valence-corrected chi connectivity index (χ1v) is 13.6. The minimum atomic E-state index is -0.461. The molecule has 0 aromatic heterocycles. The van der Waals surface area contributed by atoms with Gasteiger partial charge in [-0.05, 0) is 0 Å². The molecule has 4 unspecified atom stereocenters. The van der Waals surface area contributed by atoms with Gasteiger partial charge in [-0.2, -0.15) is 0 Å². The number of fused-ring (bicyclic) bond motifs is 2. The Morgan fingerprint density at radius 2 is 1.04 bits per heavy atom. The summed E-state index contributed by atoms with van der Waals surface area (Å²) in [5.74, 6) is 1.62. The van der Waals surface area contributed by atoms with Crippen LogP contribution in [0.4, 0.5) is 0 Å². The fourth-order valence-corrected chi connectivity index (χ4v) is 11.8.